The van der Waals surface area contributed by atoms with Crippen LogP contribution in [0, 0.1) is 0 Å². The first kappa shape index (κ1) is 19.2. The number of fused-ring (bicyclic) bond motifs is 1. The van der Waals surface area contributed by atoms with E-state index in [1.807, 2.05) is 11.0 Å². The van der Waals surface area contributed by atoms with Gasteiger partial charge in [-0.1, -0.05) is 11.6 Å². The van der Waals surface area contributed by atoms with Crippen molar-refractivity contribution >= 4 is 34.8 Å². The molecule has 0 spiro atoms. The smallest absolute Gasteiger partial charge is 0.353 e. The van der Waals surface area contributed by atoms with Gasteiger partial charge in [-0.25, -0.2) is 4.79 Å². The van der Waals surface area contributed by atoms with Gasteiger partial charge in [0.2, 0.25) is 0 Å². The largest absolute Gasteiger partial charge is 0.417 e. The molecule has 12 heteroatoms. The monoisotopic (exact) mass is 425 g/mol. The summed E-state index contributed by atoms with van der Waals surface area (Å²) in [6.07, 6.45) is -2.43. The van der Waals surface area contributed by atoms with Crippen molar-refractivity contribution in [2.45, 2.75) is 18.6 Å². The van der Waals surface area contributed by atoms with Gasteiger partial charge in [0.15, 0.2) is 5.65 Å². The third-order valence-electron chi connectivity index (χ3n) is 4.52. The number of nitrogens with zero attached hydrogens (tertiary/aromatic N) is 5. The summed E-state index contributed by atoms with van der Waals surface area (Å²) in [6, 6.07) is 6.07. The van der Waals surface area contributed by atoms with Crippen LogP contribution in [0.5, 0.6) is 0 Å². The number of nitrogens with one attached hydrogen (secondary N) is 2. The summed E-state index contributed by atoms with van der Waals surface area (Å²) in [5.41, 5.74) is -0.364. The highest BCUT2D eigenvalue weighted by Gasteiger charge is 2.33. The zero-order valence-corrected chi connectivity index (χ0v) is 15.6. The van der Waals surface area contributed by atoms with Crippen molar-refractivity contribution in [2.75, 3.05) is 23.3 Å². The lowest BCUT2D eigenvalue weighted by Gasteiger charge is -2.18. The Morgan fingerprint density at radius 2 is 2.07 bits per heavy atom. The van der Waals surface area contributed by atoms with Crippen LogP contribution < -0.4 is 15.5 Å². The van der Waals surface area contributed by atoms with E-state index in [0.29, 0.717) is 25.2 Å². The summed E-state index contributed by atoms with van der Waals surface area (Å²) in [5.74, 6) is 0.717. The fraction of sp³-hybridized carbons (Fsp3) is 0.294. The molecule has 8 nitrogen and oxygen atoms in total. The maximum Gasteiger partial charge on any atom is 0.417 e. The standard InChI is InChI=1S/C17H15ClF3N7O/c18-13-2-1-10(7-12(13)17(19,20)21)23-16(29)24-11-5-6-27(8-11)15-4-3-14-25-22-9-28(14)26-15/h1-4,7,9,11H,5-6,8H2,(H2,23,24,29)/t11-/m1/s1. The number of urea groups is 1. The summed E-state index contributed by atoms with van der Waals surface area (Å²) in [4.78, 5) is 14.2. The van der Waals surface area contributed by atoms with Crippen LogP contribution in [0.2, 0.25) is 5.02 Å². The number of alkyl halides is 3. The first-order valence-corrected chi connectivity index (χ1v) is 9.04. The van der Waals surface area contributed by atoms with Gasteiger partial charge in [0, 0.05) is 24.8 Å². The highest BCUT2D eigenvalue weighted by molar-refractivity contribution is 6.31. The SMILES string of the molecule is O=C(Nc1ccc(Cl)c(C(F)(F)F)c1)N[C@@H]1CCN(c2ccc3nncn3n2)C1. The second kappa shape index (κ2) is 7.39. The quantitative estimate of drug-likeness (QED) is 0.673. The first-order valence-electron chi connectivity index (χ1n) is 8.66. The molecule has 0 unspecified atom stereocenters. The molecule has 0 radical (unpaired) electrons. The van der Waals surface area contributed by atoms with E-state index in [-0.39, 0.29) is 11.7 Å². The number of benzene rings is 1. The van der Waals surface area contributed by atoms with Crippen LogP contribution in [0.25, 0.3) is 5.65 Å². The van der Waals surface area contributed by atoms with Crippen molar-refractivity contribution in [3.8, 4) is 0 Å². The molecular weight excluding hydrogens is 411 g/mol. The molecule has 0 saturated carbocycles. The molecular formula is C17H15ClF3N7O. The second-order valence-corrected chi connectivity index (χ2v) is 6.95. The van der Waals surface area contributed by atoms with E-state index in [2.05, 4.69) is 25.9 Å². The summed E-state index contributed by atoms with van der Waals surface area (Å²) in [5, 5.41) is 16.8. The van der Waals surface area contributed by atoms with Gasteiger partial charge in [0.25, 0.3) is 0 Å². The van der Waals surface area contributed by atoms with E-state index < -0.39 is 22.8 Å². The van der Waals surface area contributed by atoms with Crippen LogP contribution in [0.3, 0.4) is 0 Å². The van der Waals surface area contributed by atoms with Crippen LogP contribution in [0.15, 0.2) is 36.7 Å². The molecule has 0 aliphatic carbocycles. The molecule has 1 fully saturated rings. The molecule has 2 amide bonds. The molecule has 1 saturated heterocycles. The van der Waals surface area contributed by atoms with Crippen molar-refractivity contribution in [1.29, 1.82) is 0 Å². The molecule has 29 heavy (non-hydrogen) atoms. The van der Waals surface area contributed by atoms with Gasteiger partial charge in [0.1, 0.15) is 12.1 Å². The molecule has 1 aromatic carbocycles. The number of halogens is 4. The maximum absolute atomic E-state index is 12.9. The molecule has 152 valence electrons. The van der Waals surface area contributed by atoms with Crippen LogP contribution in [0.4, 0.5) is 29.5 Å². The molecule has 1 aliphatic rings. The van der Waals surface area contributed by atoms with E-state index in [4.69, 9.17) is 11.6 Å². The Morgan fingerprint density at radius 1 is 1.24 bits per heavy atom. The topological polar surface area (TPSA) is 87.5 Å². The number of carbonyl (C=O) groups is 1. The summed E-state index contributed by atoms with van der Waals surface area (Å²) in [7, 11) is 0. The second-order valence-electron chi connectivity index (χ2n) is 6.55. The molecule has 2 aromatic heterocycles. The van der Waals surface area contributed by atoms with Crippen molar-refractivity contribution in [1.82, 2.24) is 25.1 Å². The molecule has 2 N–H and O–H groups in total. The number of rotatable bonds is 3. The summed E-state index contributed by atoms with van der Waals surface area (Å²) in [6.45, 7) is 1.19. The van der Waals surface area contributed by atoms with E-state index in [1.54, 1.807) is 10.6 Å². The van der Waals surface area contributed by atoms with Gasteiger partial charge in [-0.15, -0.1) is 15.3 Å². The maximum atomic E-state index is 12.9. The molecule has 0 bridgehead atoms. The van der Waals surface area contributed by atoms with E-state index in [9.17, 15) is 18.0 Å². The molecule has 3 aromatic rings. The fourth-order valence-electron chi connectivity index (χ4n) is 3.15. The van der Waals surface area contributed by atoms with Crippen LogP contribution >= 0.6 is 11.6 Å². The normalized spacial score (nSPS) is 17.0. The number of hydrogen-bond donors (Lipinski definition) is 2. The van der Waals surface area contributed by atoms with Gasteiger partial charge >= 0.3 is 12.2 Å². The zero-order chi connectivity index (χ0) is 20.6. The minimum Gasteiger partial charge on any atom is -0.353 e. The lowest BCUT2D eigenvalue weighted by Crippen LogP contribution is -2.39. The van der Waals surface area contributed by atoms with Crippen LogP contribution in [0.1, 0.15) is 12.0 Å². The first-order chi connectivity index (χ1) is 13.8. The number of hydrogen-bond acceptors (Lipinski definition) is 5. The summed E-state index contributed by atoms with van der Waals surface area (Å²) >= 11 is 5.59. The molecule has 3 heterocycles. The van der Waals surface area contributed by atoms with Crippen molar-refractivity contribution in [3.05, 3.63) is 47.2 Å². The average Bonchev–Trinajstić information content (AvgIpc) is 3.30. The summed E-state index contributed by atoms with van der Waals surface area (Å²) < 4.78 is 40.4. The number of carbonyl (C=O) groups excluding carboxylic acids is 1. The number of amides is 2. The Labute approximate surface area is 167 Å². The van der Waals surface area contributed by atoms with Crippen LogP contribution in [-0.2, 0) is 6.18 Å². The van der Waals surface area contributed by atoms with E-state index >= 15 is 0 Å². The molecule has 1 aliphatic heterocycles. The van der Waals surface area contributed by atoms with Gasteiger partial charge in [-0.3, -0.25) is 0 Å². The van der Waals surface area contributed by atoms with Gasteiger partial charge in [-0.05, 0) is 36.8 Å². The van der Waals surface area contributed by atoms with Gasteiger partial charge < -0.3 is 15.5 Å². The lowest BCUT2D eigenvalue weighted by molar-refractivity contribution is -0.137. The highest BCUT2D eigenvalue weighted by Crippen LogP contribution is 2.36. The predicted molar refractivity (Wildman–Crippen MR) is 100 cm³/mol. The Balaban J connectivity index is 1.37. The van der Waals surface area contributed by atoms with E-state index in [1.165, 1.54) is 12.4 Å². The van der Waals surface area contributed by atoms with E-state index in [0.717, 1.165) is 18.0 Å². The number of anilines is 2. The Hall–Kier alpha value is -3.08. The Morgan fingerprint density at radius 3 is 2.86 bits per heavy atom. The number of aromatic nitrogens is 4. The lowest BCUT2D eigenvalue weighted by atomic mass is 10.2. The average molecular weight is 426 g/mol. The fourth-order valence-corrected chi connectivity index (χ4v) is 3.37. The molecule has 4 rings (SSSR count). The van der Waals surface area contributed by atoms with Gasteiger partial charge in [0.05, 0.1) is 10.6 Å². The predicted octanol–water partition coefficient (Wildman–Crippen LogP) is 3.20. The Bertz CT molecular complexity index is 1050. The zero-order valence-electron chi connectivity index (χ0n) is 14.8. The molecule has 1 atom stereocenters. The van der Waals surface area contributed by atoms with Crippen molar-refractivity contribution < 1.29 is 18.0 Å². The van der Waals surface area contributed by atoms with Crippen molar-refractivity contribution in [3.63, 3.8) is 0 Å². The third kappa shape index (κ3) is 4.19. The third-order valence-corrected chi connectivity index (χ3v) is 4.85. The van der Waals surface area contributed by atoms with Crippen molar-refractivity contribution in [2.24, 2.45) is 0 Å². The minimum absolute atomic E-state index is 0.00815. The van der Waals surface area contributed by atoms with Gasteiger partial charge in [-0.2, -0.15) is 17.7 Å². The Kier molecular flexibility index (Phi) is 4.91. The highest BCUT2D eigenvalue weighted by atomic mass is 35.5. The van der Waals surface area contributed by atoms with Crippen LogP contribution in [-0.4, -0.2) is 45.0 Å². The minimum atomic E-state index is -4.60.